The Morgan fingerprint density at radius 2 is 2.21 bits per heavy atom. The van der Waals surface area contributed by atoms with E-state index >= 15 is 0 Å². The lowest BCUT2D eigenvalue weighted by molar-refractivity contribution is 0.0781. The van der Waals surface area contributed by atoms with Crippen LogP contribution in [0.4, 0.5) is 4.39 Å². The third-order valence-corrected chi connectivity index (χ3v) is 3.63. The van der Waals surface area contributed by atoms with E-state index in [0.717, 1.165) is 31.9 Å². The van der Waals surface area contributed by atoms with Crippen LogP contribution < -0.4 is 0 Å². The number of pyridine rings is 1. The number of halogens is 2. The van der Waals surface area contributed by atoms with Gasteiger partial charge in [0.2, 0.25) is 0 Å². The molecule has 0 bridgehead atoms. The number of aromatic nitrogens is 1. The molecule has 1 aromatic rings. The third-order valence-electron chi connectivity index (χ3n) is 3.33. The van der Waals surface area contributed by atoms with Gasteiger partial charge in [0.15, 0.2) is 0 Å². The first-order chi connectivity index (χ1) is 9.08. The van der Waals surface area contributed by atoms with Gasteiger partial charge in [0.05, 0.1) is 11.8 Å². The van der Waals surface area contributed by atoms with E-state index in [1.807, 2.05) is 0 Å². The molecule has 2 rings (SSSR count). The molecule has 1 saturated heterocycles. The number of hydrogen-bond acceptors (Lipinski definition) is 3. The highest BCUT2D eigenvalue weighted by Gasteiger charge is 2.18. The monoisotopic (exact) mass is 285 g/mol. The third kappa shape index (κ3) is 3.64. The molecule has 1 aromatic heterocycles. The van der Waals surface area contributed by atoms with Crippen molar-refractivity contribution in [2.24, 2.45) is 0 Å². The highest BCUT2D eigenvalue weighted by atomic mass is 35.5. The fourth-order valence-corrected chi connectivity index (χ4v) is 2.36. The van der Waals surface area contributed by atoms with Gasteiger partial charge in [0.25, 0.3) is 5.91 Å². The maximum atomic E-state index is 13.1. The molecule has 6 heteroatoms. The van der Waals surface area contributed by atoms with Crippen LogP contribution >= 0.6 is 11.6 Å². The lowest BCUT2D eigenvalue weighted by Gasteiger charge is -2.21. The summed E-state index contributed by atoms with van der Waals surface area (Å²) in [5.74, 6) is -0.850. The van der Waals surface area contributed by atoms with E-state index in [-0.39, 0.29) is 16.6 Å². The molecule has 0 saturated carbocycles. The lowest BCUT2D eigenvalue weighted by Crippen LogP contribution is -2.35. The van der Waals surface area contributed by atoms with Gasteiger partial charge < -0.3 is 9.80 Å². The van der Waals surface area contributed by atoms with E-state index in [1.165, 1.54) is 12.8 Å². The van der Waals surface area contributed by atoms with Gasteiger partial charge in [-0.15, -0.1) is 0 Å². The zero-order valence-electron chi connectivity index (χ0n) is 10.9. The second kappa shape index (κ2) is 6.30. The highest BCUT2D eigenvalue weighted by molar-refractivity contribution is 6.32. The van der Waals surface area contributed by atoms with Gasteiger partial charge in [-0.1, -0.05) is 11.6 Å². The molecular formula is C13H17ClFN3O. The number of likely N-dealkylation sites (tertiary alicyclic amines) is 1. The number of likely N-dealkylation sites (N-methyl/N-ethyl adjacent to an activating group) is 1. The first-order valence-corrected chi connectivity index (χ1v) is 6.74. The van der Waals surface area contributed by atoms with Crippen molar-refractivity contribution in [3.05, 3.63) is 28.8 Å². The van der Waals surface area contributed by atoms with E-state index in [4.69, 9.17) is 11.6 Å². The minimum absolute atomic E-state index is 0.0411. The van der Waals surface area contributed by atoms with E-state index in [0.29, 0.717) is 6.54 Å². The Hall–Kier alpha value is -1.20. The van der Waals surface area contributed by atoms with Crippen LogP contribution in [0, 0.1) is 5.82 Å². The summed E-state index contributed by atoms with van der Waals surface area (Å²) >= 11 is 5.83. The van der Waals surface area contributed by atoms with Crippen LogP contribution in [0.15, 0.2) is 12.3 Å². The van der Waals surface area contributed by atoms with Gasteiger partial charge in [-0.2, -0.15) is 0 Å². The molecule has 104 valence electrons. The summed E-state index contributed by atoms with van der Waals surface area (Å²) in [6, 6.07) is 1.13. The molecule has 0 spiro atoms. The molecule has 2 heterocycles. The summed E-state index contributed by atoms with van der Waals surface area (Å²) in [7, 11) is 1.69. The molecule has 0 aromatic carbocycles. The Morgan fingerprint density at radius 1 is 1.53 bits per heavy atom. The predicted octanol–water partition coefficient (Wildman–Crippen LogP) is 2.04. The molecule has 0 atom stereocenters. The van der Waals surface area contributed by atoms with E-state index in [9.17, 15) is 9.18 Å². The molecule has 4 nitrogen and oxygen atoms in total. The molecule has 0 N–H and O–H groups in total. The topological polar surface area (TPSA) is 36.4 Å². The molecule has 0 aliphatic carbocycles. The Bertz CT molecular complexity index is 463. The van der Waals surface area contributed by atoms with Crippen LogP contribution in [-0.2, 0) is 0 Å². The number of hydrogen-bond donors (Lipinski definition) is 0. The molecule has 0 radical (unpaired) electrons. The fraction of sp³-hybridized carbons (Fsp3) is 0.538. The summed E-state index contributed by atoms with van der Waals surface area (Å²) in [6.45, 7) is 3.61. The van der Waals surface area contributed by atoms with E-state index in [1.54, 1.807) is 11.9 Å². The van der Waals surface area contributed by atoms with Crippen LogP contribution in [0.3, 0.4) is 0 Å². The molecule has 19 heavy (non-hydrogen) atoms. The summed E-state index contributed by atoms with van der Waals surface area (Å²) in [5, 5.41) is 0.0411. The molecule has 1 aliphatic heterocycles. The quantitative estimate of drug-likeness (QED) is 0.795. The molecule has 1 aliphatic rings. The van der Waals surface area contributed by atoms with Crippen LogP contribution in [0.1, 0.15) is 23.2 Å². The minimum Gasteiger partial charge on any atom is -0.340 e. The predicted molar refractivity (Wildman–Crippen MR) is 71.8 cm³/mol. The standard InChI is InChI=1S/C13H17ClFN3O/c1-17(6-7-18-4-2-3-5-18)13(19)11-8-10(15)9-16-12(11)14/h8-9H,2-7H2,1H3. The van der Waals surface area contributed by atoms with Crippen molar-refractivity contribution in [1.82, 2.24) is 14.8 Å². The van der Waals surface area contributed by atoms with Crippen molar-refractivity contribution in [2.45, 2.75) is 12.8 Å². The van der Waals surface area contributed by atoms with Gasteiger partial charge in [0, 0.05) is 20.1 Å². The molecule has 1 fully saturated rings. The van der Waals surface area contributed by atoms with Crippen molar-refractivity contribution in [2.75, 3.05) is 33.2 Å². The maximum Gasteiger partial charge on any atom is 0.256 e. The van der Waals surface area contributed by atoms with Crippen LogP contribution in [0.25, 0.3) is 0 Å². The number of carbonyl (C=O) groups excluding carboxylic acids is 1. The number of nitrogens with zero attached hydrogens (tertiary/aromatic N) is 3. The van der Waals surface area contributed by atoms with Crippen molar-refractivity contribution >= 4 is 17.5 Å². The summed E-state index contributed by atoms with van der Waals surface area (Å²) in [6.07, 6.45) is 3.44. The van der Waals surface area contributed by atoms with Crippen LogP contribution in [-0.4, -0.2) is 53.9 Å². The lowest BCUT2D eigenvalue weighted by atomic mass is 10.2. The average Bonchev–Trinajstić information content (AvgIpc) is 2.91. The van der Waals surface area contributed by atoms with Crippen LogP contribution in [0.2, 0.25) is 5.15 Å². The zero-order chi connectivity index (χ0) is 13.8. The Kier molecular flexibility index (Phi) is 4.71. The maximum absolute atomic E-state index is 13.1. The summed E-state index contributed by atoms with van der Waals surface area (Å²) in [5.41, 5.74) is 0.116. The second-order valence-electron chi connectivity index (χ2n) is 4.77. The SMILES string of the molecule is CN(CCN1CCCC1)C(=O)c1cc(F)cnc1Cl. The largest absolute Gasteiger partial charge is 0.340 e. The van der Waals surface area contributed by atoms with Gasteiger partial charge in [0.1, 0.15) is 11.0 Å². The molecule has 1 amide bonds. The normalized spacial score (nSPS) is 15.7. The summed E-state index contributed by atoms with van der Waals surface area (Å²) < 4.78 is 13.1. The van der Waals surface area contributed by atoms with Crippen molar-refractivity contribution in [3.63, 3.8) is 0 Å². The number of amides is 1. The van der Waals surface area contributed by atoms with Crippen LogP contribution in [0.5, 0.6) is 0 Å². The Balaban J connectivity index is 1.95. The first-order valence-electron chi connectivity index (χ1n) is 6.37. The second-order valence-corrected chi connectivity index (χ2v) is 5.13. The van der Waals surface area contributed by atoms with Gasteiger partial charge in [-0.25, -0.2) is 9.37 Å². The Labute approximate surface area is 117 Å². The number of rotatable bonds is 4. The Morgan fingerprint density at radius 3 is 2.89 bits per heavy atom. The fourth-order valence-electron chi connectivity index (χ4n) is 2.18. The summed E-state index contributed by atoms with van der Waals surface area (Å²) in [4.78, 5) is 19.7. The zero-order valence-corrected chi connectivity index (χ0v) is 11.7. The molecular weight excluding hydrogens is 269 g/mol. The number of carbonyl (C=O) groups is 1. The minimum atomic E-state index is -0.555. The van der Waals surface area contributed by atoms with E-state index < -0.39 is 5.82 Å². The smallest absolute Gasteiger partial charge is 0.256 e. The van der Waals surface area contributed by atoms with Gasteiger partial charge in [-0.05, 0) is 32.0 Å². The van der Waals surface area contributed by atoms with Gasteiger partial charge in [-0.3, -0.25) is 4.79 Å². The van der Waals surface area contributed by atoms with Gasteiger partial charge >= 0.3 is 0 Å². The average molecular weight is 286 g/mol. The van der Waals surface area contributed by atoms with Crippen molar-refractivity contribution < 1.29 is 9.18 Å². The molecule has 0 unspecified atom stereocenters. The van der Waals surface area contributed by atoms with Crippen molar-refractivity contribution in [3.8, 4) is 0 Å². The van der Waals surface area contributed by atoms with Crippen molar-refractivity contribution in [1.29, 1.82) is 0 Å². The first kappa shape index (κ1) is 14.2. The van der Waals surface area contributed by atoms with E-state index in [2.05, 4.69) is 9.88 Å². The highest BCUT2D eigenvalue weighted by Crippen LogP contribution is 2.16.